The zero-order chi connectivity index (χ0) is 16.2. The molecule has 21 heavy (non-hydrogen) atoms. The van der Waals surface area contributed by atoms with Gasteiger partial charge in [-0.3, -0.25) is 4.79 Å². The van der Waals surface area contributed by atoms with Crippen LogP contribution >= 0.6 is 11.6 Å². The molecule has 0 heterocycles. The van der Waals surface area contributed by atoms with E-state index in [1.54, 1.807) is 46.0 Å². The van der Waals surface area contributed by atoms with Crippen molar-refractivity contribution >= 4 is 23.5 Å². The molecule has 1 aromatic rings. The number of Topliss-reactive ketones (excluding diaryl/α,β-unsaturated/α-hetero) is 1. The summed E-state index contributed by atoms with van der Waals surface area (Å²) in [5.74, 6) is -0.0454. The van der Waals surface area contributed by atoms with Crippen LogP contribution in [0.1, 0.15) is 43.1 Å². The predicted molar refractivity (Wildman–Crippen MR) is 84.0 cm³/mol. The molecule has 0 N–H and O–H groups in total. The standard InChI is InChI=1S/C16H22ClNO3/c1-11-8-12(10-13(17)9-11)14(19)6-7-18(5)15(20)21-16(2,3)4/h8-10H,6-7H2,1-5H3. The number of hydrogen-bond donors (Lipinski definition) is 0. The summed E-state index contributed by atoms with van der Waals surface area (Å²) in [6.45, 7) is 7.60. The van der Waals surface area contributed by atoms with E-state index in [1.165, 1.54) is 4.90 Å². The van der Waals surface area contributed by atoms with Crippen molar-refractivity contribution in [2.45, 2.75) is 39.7 Å². The van der Waals surface area contributed by atoms with Gasteiger partial charge in [0, 0.05) is 30.6 Å². The highest BCUT2D eigenvalue weighted by atomic mass is 35.5. The number of ether oxygens (including phenoxy) is 1. The Labute approximate surface area is 131 Å². The van der Waals surface area contributed by atoms with E-state index in [-0.39, 0.29) is 12.2 Å². The normalized spacial score (nSPS) is 11.1. The minimum Gasteiger partial charge on any atom is -0.444 e. The summed E-state index contributed by atoms with van der Waals surface area (Å²) in [4.78, 5) is 25.3. The number of amides is 1. The zero-order valence-corrected chi connectivity index (χ0v) is 14.0. The van der Waals surface area contributed by atoms with Crippen LogP contribution in [0, 0.1) is 6.92 Å². The van der Waals surface area contributed by atoms with Gasteiger partial charge in [-0.2, -0.15) is 0 Å². The molecule has 0 spiro atoms. The molecule has 0 unspecified atom stereocenters. The Morgan fingerprint density at radius 3 is 2.38 bits per heavy atom. The lowest BCUT2D eigenvalue weighted by Gasteiger charge is -2.24. The van der Waals surface area contributed by atoms with Gasteiger partial charge in [0.1, 0.15) is 5.60 Å². The largest absolute Gasteiger partial charge is 0.444 e. The molecule has 0 atom stereocenters. The SMILES string of the molecule is Cc1cc(Cl)cc(C(=O)CCN(C)C(=O)OC(C)(C)C)c1. The van der Waals surface area contributed by atoms with Gasteiger partial charge in [0.25, 0.3) is 0 Å². The van der Waals surface area contributed by atoms with Crippen molar-refractivity contribution in [3.05, 3.63) is 34.3 Å². The lowest BCUT2D eigenvalue weighted by Crippen LogP contribution is -2.35. The first-order valence-electron chi connectivity index (χ1n) is 6.83. The summed E-state index contributed by atoms with van der Waals surface area (Å²) in [7, 11) is 1.62. The van der Waals surface area contributed by atoms with E-state index in [9.17, 15) is 9.59 Å². The Morgan fingerprint density at radius 1 is 1.24 bits per heavy atom. The van der Waals surface area contributed by atoms with Gasteiger partial charge in [-0.15, -0.1) is 0 Å². The second-order valence-electron chi connectivity index (χ2n) is 6.09. The number of ketones is 1. The lowest BCUT2D eigenvalue weighted by molar-refractivity contribution is 0.0298. The van der Waals surface area contributed by atoms with Gasteiger partial charge in [-0.1, -0.05) is 11.6 Å². The number of benzene rings is 1. The molecular weight excluding hydrogens is 290 g/mol. The summed E-state index contributed by atoms with van der Waals surface area (Å²) >= 11 is 5.94. The first kappa shape index (κ1) is 17.5. The van der Waals surface area contributed by atoms with Crippen LogP contribution in [0.2, 0.25) is 5.02 Å². The molecule has 0 saturated carbocycles. The van der Waals surface area contributed by atoms with Crippen LogP contribution in [0.3, 0.4) is 0 Å². The maximum Gasteiger partial charge on any atom is 0.410 e. The molecule has 1 aromatic carbocycles. The highest BCUT2D eigenvalue weighted by molar-refractivity contribution is 6.31. The number of aryl methyl sites for hydroxylation is 1. The number of nitrogens with zero attached hydrogens (tertiary/aromatic N) is 1. The molecule has 1 rings (SSSR count). The molecule has 0 aliphatic heterocycles. The first-order chi connectivity index (χ1) is 9.58. The van der Waals surface area contributed by atoms with E-state index in [1.807, 2.05) is 6.92 Å². The Kier molecular flexibility index (Phi) is 5.78. The molecule has 0 aliphatic rings. The molecule has 0 aliphatic carbocycles. The molecule has 1 amide bonds. The molecule has 0 fully saturated rings. The summed E-state index contributed by atoms with van der Waals surface area (Å²) < 4.78 is 5.23. The van der Waals surface area contributed by atoms with Gasteiger partial charge in [0.15, 0.2) is 5.78 Å². The van der Waals surface area contributed by atoms with Crippen molar-refractivity contribution in [3.8, 4) is 0 Å². The van der Waals surface area contributed by atoms with Crippen LogP contribution in [-0.4, -0.2) is 36.0 Å². The van der Waals surface area contributed by atoms with Crippen LogP contribution in [-0.2, 0) is 4.74 Å². The predicted octanol–water partition coefficient (Wildman–Crippen LogP) is 4.09. The minimum absolute atomic E-state index is 0.0454. The lowest BCUT2D eigenvalue weighted by atomic mass is 10.1. The van der Waals surface area contributed by atoms with Crippen LogP contribution in [0.4, 0.5) is 4.79 Å². The first-order valence-corrected chi connectivity index (χ1v) is 7.21. The molecule has 4 nitrogen and oxygen atoms in total. The fourth-order valence-electron chi connectivity index (χ4n) is 1.74. The summed E-state index contributed by atoms with van der Waals surface area (Å²) in [6, 6.07) is 5.23. The molecular formula is C16H22ClNO3. The molecule has 0 bridgehead atoms. The summed E-state index contributed by atoms with van der Waals surface area (Å²) in [5, 5.41) is 0.541. The molecule has 0 aromatic heterocycles. The van der Waals surface area contributed by atoms with Crippen molar-refractivity contribution in [1.29, 1.82) is 0 Å². The topological polar surface area (TPSA) is 46.6 Å². The van der Waals surface area contributed by atoms with Gasteiger partial charge >= 0.3 is 6.09 Å². The Morgan fingerprint density at radius 2 is 1.86 bits per heavy atom. The third-order valence-corrected chi connectivity index (χ3v) is 2.96. The monoisotopic (exact) mass is 311 g/mol. The van der Waals surface area contributed by atoms with Crippen LogP contribution in [0.25, 0.3) is 0 Å². The zero-order valence-electron chi connectivity index (χ0n) is 13.2. The number of rotatable bonds is 4. The van der Waals surface area contributed by atoms with Crippen molar-refractivity contribution in [1.82, 2.24) is 4.90 Å². The second kappa shape index (κ2) is 6.94. The maximum atomic E-state index is 12.1. The number of carbonyl (C=O) groups excluding carboxylic acids is 2. The van der Waals surface area contributed by atoms with Gasteiger partial charge < -0.3 is 9.64 Å². The van der Waals surface area contributed by atoms with E-state index in [2.05, 4.69) is 0 Å². The van der Waals surface area contributed by atoms with E-state index in [4.69, 9.17) is 16.3 Å². The fourth-order valence-corrected chi connectivity index (χ4v) is 2.03. The van der Waals surface area contributed by atoms with Crippen molar-refractivity contribution in [2.75, 3.05) is 13.6 Å². The van der Waals surface area contributed by atoms with Crippen molar-refractivity contribution in [3.63, 3.8) is 0 Å². The number of hydrogen-bond acceptors (Lipinski definition) is 3. The van der Waals surface area contributed by atoms with E-state index in [0.717, 1.165) is 5.56 Å². The van der Waals surface area contributed by atoms with E-state index >= 15 is 0 Å². The summed E-state index contributed by atoms with van der Waals surface area (Å²) in [5.41, 5.74) is 0.961. The Bertz CT molecular complexity index is 515. The molecule has 116 valence electrons. The molecule has 0 radical (unpaired) electrons. The minimum atomic E-state index is -0.542. The van der Waals surface area contributed by atoms with Gasteiger partial charge in [0.05, 0.1) is 0 Å². The quantitative estimate of drug-likeness (QED) is 0.787. The highest BCUT2D eigenvalue weighted by Crippen LogP contribution is 2.16. The third kappa shape index (κ3) is 6.17. The van der Waals surface area contributed by atoms with E-state index in [0.29, 0.717) is 17.1 Å². The highest BCUT2D eigenvalue weighted by Gasteiger charge is 2.20. The number of halogens is 1. The van der Waals surface area contributed by atoms with Gasteiger partial charge in [-0.05, 0) is 51.5 Å². The second-order valence-corrected chi connectivity index (χ2v) is 6.53. The average Bonchev–Trinajstić information content (AvgIpc) is 2.32. The van der Waals surface area contributed by atoms with Crippen molar-refractivity contribution in [2.24, 2.45) is 0 Å². The average molecular weight is 312 g/mol. The third-order valence-electron chi connectivity index (χ3n) is 2.74. The van der Waals surface area contributed by atoms with Gasteiger partial charge in [0.2, 0.25) is 0 Å². The Balaban J connectivity index is 2.58. The maximum absolute atomic E-state index is 12.1. The number of carbonyl (C=O) groups is 2. The van der Waals surface area contributed by atoms with Crippen LogP contribution in [0.15, 0.2) is 18.2 Å². The molecule has 5 heteroatoms. The Hall–Kier alpha value is -1.55. The molecule has 0 saturated heterocycles. The summed E-state index contributed by atoms with van der Waals surface area (Å²) in [6.07, 6.45) is -0.201. The smallest absolute Gasteiger partial charge is 0.410 e. The van der Waals surface area contributed by atoms with Crippen LogP contribution in [0.5, 0.6) is 0 Å². The fraction of sp³-hybridized carbons (Fsp3) is 0.500. The van der Waals surface area contributed by atoms with Crippen molar-refractivity contribution < 1.29 is 14.3 Å². The van der Waals surface area contributed by atoms with Gasteiger partial charge in [-0.25, -0.2) is 4.79 Å². The van der Waals surface area contributed by atoms with Crippen LogP contribution < -0.4 is 0 Å². The van der Waals surface area contributed by atoms with E-state index < -0.39 is 11.7 Å².